The summed E-state index contributed by atoms with van der Waals surface area (Å²) in [5.74, 6) is 2.87. The van der Waals surface area contributed by atoms with E-state index in [0.29, 0.717) is 23.3 Å². The second-order valence-corrected chi connectivity index (χ2v) is 31.0. The van der Waals surface area contributed by atoms with Crippen molar-refractivity contribution >= 4 is 239 Å². The number of hydrogen-bond donors (Lipinski definition) is 0. The van der Waals surface area contributed by atoms with Crippen LogP contribution < -0.4 is 0 Å². The average Bonchev–Trinajstić information content (AvgIpc) is 1.51. The normalized spacial score (nSPS) is 12.6. The molecule has 0 fully saturated rings. The first-order valence-corrected chi connectivity index (χ1v) is 38.8. The van der Waals surface area contributed by atoms with E-state index >= 15 is 0 Å². The second-order valence-electron chi connectivity index (χ2n) is 29.9. The van der Waals surface area contributed by atoms with Gasteiger partial charge in [-0.25, -0.2) is 9.97 Å². The van der Waals surface area contributed by atoms with Crippen molar-refractivity contribution in [3.8, 4) is 23.5 Å². The zero-order valence-electron chi connectivity index (χ0n) is 59.5. The molecular weight excluding hydrogens is 1390 g/mol. The third-order valence-corrected chi connectivity index (χ3v) is 25.4. The molecule has 0 atom stereocenters. The van der Waals surface area contributed by atoms with Crippen LogP contribution in [0.1, 0.15) is 0 Å². The van der Waals surface area contributed by atoms with Gasteiger partial charge in [0.2, 0.25) is 11.9 Å². The summed E-state index contributed by atoms with van der Waals surface area (Å²) >= 11 is 1.77. The quantitative estimate of drug-likeness (QED) is 0.175. The van der Waals surface area contributed by atoms with Crippen molar-refractivity contribution in [2.24, 2.45) is 0 Å². The van der Waals surface area contributed by atoms with Crippen molar-refractivity contribution in [1.29, 1.82) is 0 Å². The molecule has 0 radical (unpaired) electrons. The Bertz CT molecular complexity index is 8440. The Hall–Kier alpha value is -15.0. The summed E-state index contributed by atoms with van der Waals surface area (Å²) in [4.78, 5) is 22.4. The highest BCUT2D eigenvalue weighted by atomic mass is 32.1. The second kappa shape index (κ2) is 21.5. The Morgan fingerprint density at radius 2 is 0.562 bits per heavy atom. The number of benzene rings is 16. The molecule has 516 valence electrons. The summed E-state index contributed by atoms with van der Waals surface area (Å²) < 4.78 is 23.2. The van der Waals surface area contributed by atoms with Crippen molar-refractivity contribution in [3.05, 3.63) is 328 Å². The van der Waals surface area contributed by atoms with Crippen LogP contribution in [0.25, 0.3) is 251 Å². The standard InChI is InChI=1S/C50H27N5O.C50H27N5S/c2*1-2-14-29-26-42-37(25-28(29)13-1)44-46-35(32-17-5-8-20-38(32)53(42)46)27-36-33-18-6-11-23-41(33)55(47(36)44)50-51-45-34-19-7-12-24-43(34)56-48(45)49(52-50)54-39-21-9-3-15-30(39)31-16-4-10-22-40(31)54/h2*1-27H. The predicted molar refractivity (Wildman–Crippen MR) is 466 cm³/mol. The smallest absolute Gasteiger partial charge is 0.237 e. The Morgan fingerprint density at radius 3 is 1.03 bits per heavy atom. The van der Waals surface area contributed by atoms with E-state index in [1.807, 2.05) is 12.1 Å². The van der Waals surface area contributed by atoms with Crippen LogP contribution in [-0.2, 0) is 0 Å². The molecule has 28 aromatic rings. The minimum Gasteiger partial charge on any atom is -0.450 e. The fraction of sp³-hybridized carbons (Fsp3) is 0. The molecule has 0 saturated carbocycles. The number of thiophene rings is 1. The highest BCUT2D eigenvalue weighted by Crippen LogP contribution is 2.51. The van der Waals surface area contributed by atoms with E-state index in [9.17, 15) is 0 Å². The lowest BCUT2D eigenvalue weighted by Crippen LogP contribution is -2.06. The fourth-order valence-electron chi connectivity index (χ4n) is 19.7. The number of hydrogen-bond acceptors (Lipinski definition) is 6. The first kappa shape index (κ1) is 59.1. The van der Waals surface area contributed by atoms with E-state index in [2.05, 4.69) is 343 Å². The summed E-state index contributed by atoms with van der Waals surface area (Å²) in [7, 11) is 0. The number of fused-ring (bicyclic) bond motifs is 34. The van der Waals surface area contributed by atoms with E-state index in [1.54, 1.807) is 11.3 Å². The zero-order valence-corrected chi connectivity index (χ0v) is 60.3. The molecule has 11 nitrogen and oxygen atoms in total. The minimum atomic E-state index is 0.597. The van der Waals surface area contributed by atoms with Gasteiger partial charge in [0.25, 0.3) is 0 Å². The van der Waals surface area contributed by atoms with Gasteiger partial charge in [-0.3, -0.25) is 18.3 Å². The van der Waals surface area contributed by atoms with Crippen LogP contribution in [0.4, 0.5) is 0 Å². The summed E-state index contributed by atoms with van der Waals surface area (Å²) in [6.45, 7) is 0. The number of furan rings is 1. The molecule has 0 N–H and O–H groups in total. The van der Waals surface area contributed by atoms with E-state index in [0.717, 1.165) is 98.2 Å². The van der Waals surface area contributed by atoms with Gasteiger partial charge in [0.15, 0.2) is 17.2 Å². The maximum atomic E-state index is 6.73. The lowest BCUT2D eigenvalue weighted by molar-refractivity contribution is 0.661. The highest BCUT2D eigenvalue weighted by Gasteiger charge is 2.31. The van der Waals surface area contributed by atoms with Crippen molar-refractivity contribution in [3.63, 3.8) is 0 Å². The molecule has 0 unspecified atom stereocenters. The molecule has 0 aliphatic heterocycles. The molecule has 0 saturated heterocycles. The molecule has 12 heteroatoms. The van der Waals surface area contributed by atoms with E-state index in [-0.39, 0.29) is 0 Å². The van der Waals surface area contributed by atoms with E-state index in [4.69, 9.17) is 24.4 Å². The van der Waals surface area contributed by atoms with Gasteiger partial charge >= 0.3 is 0 Å². The molecule has 112 heavy (non-hydrogen) atoms. The molecule has 0 amide bonds. The van der Waals surface area contributed by atoms with Gasteiger partial charge in [-0.05, 0) is 125 Å². The van der Waals surface area contributed by atoms with Gasteiger partial charge in [-0.15, -0.1) is 11.3 Å². The van der Waals surface area contributed by atoms with Crippen molar-refractivity contribution < 1.29 is 4.42 Å². The van der Waals surface area contributed by atoms with Crippen molar-refractivity contribution in [2.75, 3.05) is 0 Å². The van der Waals surface area contributed by atoms with Crippen LogP contribution >= 0.6 is 11.3 Å². The first-order valence-electron chi connectivity index (χ1n) is 38.0. The Kier molecular flexibility index (Phi) is 11.3. The maximum absolute atomic E-state index is 6.73. The number of aromatic nitrogens is 10. The van der Waals surface area contributed by atoms with Crippen LogP contribution in [0.2, 0.25) is 0 Å². The average molecular weight is 1440 g/mol. The SMILES string of the molecule is c1ccc2cc3c(cc2c1)c1c2c(cc4c5ccccc5n3c41)c1ccccc1n2-c1nc(-n2c3ccccc3c3ccccc32)c2oc3ccccc3c2n1.c1ccc2cc3c(cc2c1)c1c2c(cc4c5ccccc5n3c41)c1ccccc1n2-c1nc(-n2c3ccccc3c3ccccc32)c2sc3ccccc3c2n1. The van der Waals surface area contributed by atoms with E-state index in [1.165, 1.54) is 129 Å². The topological polar surface area (TPSA) is 93.2 Å². The van der Waals surface area contributed by atoms with Gasteiger partial charge in [0, 0.05) is 102 Å². The minimum absolute atomic E-state index is 0.597. The predicted octanol–water partition coefficient (Wildman–Crippen LogP) is 26.2. The van der Waals surface area contributed by atoms with Crippen LogP contribution in [0.5, 0.6) is 0 Å². The van der Waals surface area contributed by atoms with Crippen LogP contribution in [0, 0.1) is 0 Å². The van der Waals surface area contributed by atoms with Crippen LogP contribution in [0.3, 0.4) is 0 Å². The van der Waals surface area contributed by atoms with Gasteiger partial charge in [0.05, 0.1) is 87.5 Å². The number of para-hydroxylation sites is 9. The number of rotatable bonds is 4. The van der Waals surface area contributed by atoms with Gasteiger partial charge in [-0.1, -0.05) is 224 Å². The summed E-state index contributed by atoms with van der Waals surface area (Å²) in [6.07, 6.45) is 0. The molecule has 12 aromatic heterocycles. The number of nitrogens with zero attached hydrogens (tertiary/aromatic N) is 10. The molecule has 0 aliphatic rings. The summed E-state index contributed by atoms with van der Waals surface area (Å²) in [5.41, 5.74) is 19.2. The van der Waals surface area contributed by atoms with Crippen LogP contribution in [-0.4, -0.2) is 47.0 Å². The Labute approximate surface area is 637 Å². The summed E-state index contributed by atoms with van der Waals surface area (Å²) in [5, 5.41) is 26.3. The molecule has 16 aromatic carbocycles. The maximum Gasteiger partial charge on any atom is 0.237 e. The lowest BCUT2D eigenvalue weighted by Gasteiger charge is -2.13. The highest BCUT2D eigenvalue weighted by molar-refractivity contribution is 7.26. The Balaban J connectivity index is 0.000000121. The van der Waals surface area contributed by atoms with Crippen molar-refractivity contribution in [1.82, 2.24) is 47.0 Å². The van der Waals surface area contributed by atoms with Crippen molar-refractivity contribution in [2.45, 2.75) is 0 Å². The molecule has 28 rings (SSSR count). The summed E-state index contributed by atoms with van der Waals surface area (Å²) in [6, 6.07) is 118. The fourth-order valence-corrected chi connectivity index (χ4v) is 20.9. The van der Waals surface area contributed by atoms with Gasteiger partial charge in [-0.2, -0.15) is 9.97 Å². The zero-order chi connectivity index (χ0) is 72.4. The molecule has 12 heterocycles. The largest absolute Gasteiger partial charge is 0.450 e. The van der Waals surface area contributed by atoms with Crippen LogP contribution in [0.15, 0.2) is 332 Å². The lowest BCUT2D eigenvalue weighted by atomic mass is 10.0. The van der Waals surface area contributed by atoms with Gasteiger partial charge in [0.1, 0.15) is 11.1 Å². The molecule has 0 bridgehead atoms. The Morgan fingerprint density at radius 1 is 0.232 bits per heavy atom. The van der Waals surface area contributed by atoms with E-state index < -0.39 is 0 Å². The molecular formula is C100H54N10OS. The first-order chi connectivity index (χ1) is 55.6. The van der Waals surface area contributed by atoms with Gasteiger partial charge < -0.3 is 13.2 Å². The third kappa shape index (κ3) is 7.57. The third-order valence-electron chi connectivity index (χ3n) is 24.3. The molecule has 0 aliphatic carbocycles. The molecule has 0 spiro atoms. The monoisotopic (exact) mass is 1440 g/mol.